The third-order valence-electron chi connectivity index (χ3n) is 4.17. The molecule has 3 aromatic rings. The molecule has 1 aliphatic heterocycles. The van der Waals surface area contributed by atoms with Gasteiger partial charge in [0.15, 0.2) is 11.5 Å². The fourth-order valence-electron chi connectivity index (χ4n) is 2.74. The molecule has 0 radical (unpaired) electrons. The van der Waals surface area contributed by atoms with Gasteiger partial charge in [-0.1, -0.05) is 35.0 Å². The van der Waals surface area contributed by atoms with Crippen molar-refractivity contribution < 1.29 is 18.8 Å². The number of fused-ring (bicyclic) bond motifs is 1. The van der Waals surface area contributed by atoms with Gasteiger partial charge in [-0.2, -0.15) is 4.98 Å². The number of carbonyl (C=O) groups excluding carboxylic acids is 1. The van der Waals surface area contributed by atoms with Gasteiger partial charge in [-0.05, 0) is 19.1 Å². The highest BCUT2D eigenvalue weighted by Gasteiger charge is 2.14. The first-order valence-electron chi connectivity index (χ1n) is 8.76. The van der Waals surface area contributed by atoms with Crippen LogP contribution in [0, 0.1) is 6.92 Å². The van der Waals surface area contributed by atoms with Crippen molar-refractivity contribution in [1.29, 1.82) is 0 Å². The molecule has 1 N–H and O–H groups in total. The van der Waals surface area contributed by atoms with E-state index >= 15 is 0 Å². The Bertz CT molecular complexity index is 950. The monoisotopic (exact) mass is 365 g/mol. The van der Waals surface area contributed by atoms with Crippen LogP contribution in [0.4, 0.5) is 5.69 Å². The second-order valence-corrected chi connectivity index (χ2v) is 6.28. The molecular weight excluding hydrogens is 346 g/mol. The molecule has 7 heteroatoms. The van der Waals surface area contributed by atoms with Gasteiger partial charge in [0.25, 0.3) is 0 Å². The predicted molar refractivity (Wildman–Crippen MR) is 98.9 cm³/mol. The molecule has 1 aliphatic rings. The van der Waals surface area contributed by atoms with Crippen molar-refractivity contribution >= 4 is 11.6 Å². The molecule has 1 amide bonds. The minimum Gasteiger partial charge on any atom is -0.486 e. The standard InChI is InChI=1S/C20H19N3O4/c1-13-2-4-14(5-3-13)20-22-19(27-23-20)9-8-18(24)21-15-6-7-16-17(12-15)26-11-10-25-16/h2-7,12H,8-11H2,1H3,(H,21,24). The summed E-state index contributed by atoms with van der Waals surface area (Å²) in [6.45, 7) is 3.06. The molecule has 0 unspecified atom stereocenters. The Balaban J connectivity index is 1.34. The number of amides is 1. The third-order valence-corrected chi connectivity index (χ3v) is 4.17. The highest BCUT2D eigenvalue weighted by Crippen LogP contribution is 2.32. The first-order valence-corrected chi connectivity index (χ1v) is 8.76. The minimum atomic E-state index is -0.137. The van der Waals surface area contributed by atoms with E-state index in [0.29, 0.717) is 48.5 Å². The summed E-state index contributed by atoms with van der Waals surface area (Å²) in [5.41, 5.74) is 2.71. The number of aryl methyl sites for hydroxylation is 2. The van der Waals surface area contributed by atoms with Crippen LogP contribution >= 0.6 is 0 Å². The van der Waals surface area contributed by atoms with Gasteiger partial charge >= 0.3 is 0 Å². The highest BCUT2D eigenvalue weighted by molar-refractivity contribution is 5.91. The van der Waals surface area contributed by atoms with Gasteiger partial charge in [0, 0.05) is 30.2 Å². The lowest BCUT2D eigenvalue weighted by Gasteiger charge is -2.18. The largest absolute Gasteiger partial charge is 0.486 e. The van der Waals surface area contributed by atoms with Gasteiger partial charge in [0.2, 0.25) is 17.6 Å². The van der Waals surface area contributed by atoms with Crippen LogP contribution in [0.1, 0.15) is 17.9 Å². The lowest BCUT2D eigenvalue weighted by atomic mass is 10.1. The Morgan fingerprint density at radius 3 is 2.67 bits per heavy atom. The van der Waals surface area contributed by atoms with E-state index in [0.717, 1.165) is 5.56 Å². The van der Waals surface area contributed by atoms with E-state index in [1.54, 1.807) is 18.2 Å². The van der Waals surface area contributed by atoms with Crippen molar-refractivity contribution in [2.24, 2.45) is 0 Å². The van der Waals surface area contributed by atoms with Gasteiger partial charge in [-0.15, -0.1) is 0 Å². The van der Waals surface area contributed by atoms with Gasteiger partial charge in [-0.3, -0.25) is 4.79 Å². The second-order valence-electron chi connectivity index (χ2n) is 6.28. The lowest BCUT2D eigenvalue weighted by Crippen LogP contribution is -2.16. The molecular formula is C20H19N3O4. The van der Waals surface area contributed by atoms with Crippen molar-refractivity contribution in [3.8, 4) is 22.9 Å². The number of aromatic nitrogens is 2. The summed E-state index contributed by atoms with van der Waals surface area (Å²) < 4.78 is 16.2. The summed E-state index contributed by atoms with van der Waals surface area (Å²) >= 11 is 0. The maximum Gasteiger partial charge on any atom is 0.227 e. The molecule has 0 atom stereocenters. The van der Waals surface area contributed by atoms with Crippen molar-refractivity contribution in [1.82, 2.24) is 10.1 Å². The molecule has 27 heavy (non-hydrogen) atoms. The van der Waals surface area contributed by atoms with E-state index in [4.69, 9.17) is 14.0 Å². The number of ether oxygens (including phenoxy) is 2. The predicted octanol–water partition coefficient (Wildman–Crippen LogP) is 3.39. The van der Waals surface area contributed by atoms with Crippen LogP contribution in [-0.2, 0) is 11.2 Å². The molecule has 138 valence electrons. The van der Waals surface area contributed by atoms with Crippen molar-refractivity contribution in [3.05, 3.63) is 53.9 Å². The Morgan fingerprint density at radius 1 is 1.07 bits per heavy atom. The van der Waals surface area contributed by atoms with Gasteiger partial charge in [-0.25, -0.2) is 0 Å². The number of anilines is 1. The molecule has 7 nitrogen and oxygen atoms in total. The molecule has 0 fully saturated rings. The van der Waals surface area contributed by atoms with Crippen LogP contribution < -0.4 is 14.8 Å². The van der Waals surface area contributed by atoms with Crippen molar-refractivity contribution in [2.75, 3.05) is 18.5 Å². The molecule has 0 saturated carbocycles. The van der Waals surface area contributed by atoms with Gasteiger partial charge in [0.1, 0.15) is 13.2 Å². The zero-order chi connectivity index (χ0) is 18.6. The van der Waals surface area contributed by atoms with E-state index in [2.05, 4.69) is 15.5 Å². The quantitative estimate of drug-likeness (QED) is 0.746. The first-order chi connectivity index (χ1) is 13.2. The Hall–Kier alpha value is -3.35. The number of nitrogens with one attached hydrogen (secondary N) is 1. The highest BCUT2D eigenvalue weighted by atomic mass is 16.6. The fraction of sp³-hybridized carbons (Fsp3) is 0.250. The first kappa shape index (κ1) is 17.1. The van der Waals surface area contributed by atoms with E-state index in [1.807, 2.05) is 31.2 Å². The van der Waals surface area contributed by atoms with E-state index in [1.165, 1.54) is 5.56 Å². The number of benzene rings is 2. The molecule has 2 heterocycles. The topological polar surface area (TPSA) is 86.5 Å². The number of carbonyl (C=O) groups is 1. The van der Waals surface area contributed by atoms with Crippen molar-refractivity contribution in [2.45, 2.75) is 19.8 Å². The fourth-order valence-corrected chi connectivity index (χ4v) is 2.74. The number of hydrogen-bond acceptors (Lipinski definition) is 6. The van der Waals surface area contributed by atoms with Crippen LogP contribution in [0.25, 0.3) is 11.4 Å². The summed E-state index contributed by atoms with van der Waals surface area (Å²) in [6.07, 6.45) is 0.610. The number of hydrogen-bond donors (Lipinski definition) is 1. The van der Waals surface area contributed by atoms with Crippen LogP contribution in [0.15, 0.2) is 47.0 Å². The molecule has 0 saturated heterocycles. The molecule has 0 aliphatic carbocycles. The zero-order valence-electron chi connectivity index (χ0n) is 14.9. The Kier molecular flexibility index (Phi) is 4.74. The van der Waals surface area contributed by atoms with Gasteiger partial charge < -0.3 is 19.3 Å². The summed E-state index contributed by atoms with van der Waals surface area (Å²) in [4.78, 5) is 16.5. The lowest BCUT2D eigenvalue weighted by molar-refractivity contribution is -0.116. The number of nitrogens with zero attached hydrogens (tertiary/aromatic N) is 2. The van der Waals surface area contributed by atoms with E-state index < -0.39 is 0 Å². The molecule has 4 rings (SSSR count). The van der Waals surface area contributed by atoms with Crippen molar-refractivity contribution in [3.63, 3.8) is 0 Å². The van der Waals surface area contributed by atoms with E-state index in [-0.39, 0.29) is 12.3 Å². The molecule has 1 aromatic heterocycles. The maximum atomic E-state index is 12.2. The number of rotatable bonds is 5. The van der Waals surface area contributed by atoms with E-state index in [9.17, 15) is 4.79 Å². The molecule has 0 bridgehead atoms. The Morgan fingerprint density at radius 2 is 1.85 bits per heavy atom. The van der Waals surface area contributed by atoms with Gasteiger partial charge in [0.05, 0.1) is 0 Å². The summed E-state index contributed by atoms with van der Waals surface area (Å²) in [5.74, 6) is 2.15. The van der Waals surface area contributed by atoms with Crippen LogP contribution in [0.2, 0.25) is 0 Å². The average molecular weight is 365 g/mol. The zero-order valence-corrected chi connectivity index (χ0v) is 14.9. The third kappa shape index (κ3) is 4.08. The second kappa shape index (κ2) is 7.49. The molecule has 2 aromatic carbocycles. The molecule has 0 spiro atoms. The SMILES string of the molecule is Cc1ccc(-c2noc(CCC(=O)Nc3ccc4c(c3)OCCO4)n2)cc1. The Labute approximate surface area is 156 Å². The van der Waals surface area contributed by atoms with Crippen LogP contribution in [-0.4, -0.2) is 29.3 Å². The summed E-state index contributed by atoms with van der Waals surface area (Å²) in [6, 6.07) is 13.2. The smallest absolute Gasteiger partial charge is 0.227 e. The van der Waals surface area contributed by atoms with Crippen LogP contribution in [0.3, 0.4) is 0 Å². The average Bonchev–Trinajstić information content (AvgIpc) is 3.16. The maximum absolute atomic E-state index is 12.2. The summed E-state index contributed by atoms with van der Waals surface area (Å²) in [5, 5.41) is 6.82. The normalized spacial score (nSPS) is 12.6. The minimum absolute atomic E-state index is 0.137. The summed E-state index contributed by atoms with van der Waals surface area (Å²) in [7, 11) is 0. The van der Waals surface area contributed by atoms with Crippen LogP contribution in [0.5, 0.6) is 11.5 Å².